The Morgan fingerprint density at radius 1 is 1.24 bits per heavy atom. The highest BCUT2D eigenvalue weighted by Crippen LogP contribution is 2.16. The summed E-state index contributed by atoms with van der Waals surface area (Å²) >= 11 is 5.86. The van der Waals surface area contributed by atoms with Crippen LogP contribution in [0.15, 0.2) is 48.8 Å². The van der Waals surface area contributed by atoms with E-state index in [0.717, 1.165) is 11.6 Å². The lowest BCUT2D eigenvalue weighted by Gasteiger charge is -2.14. The Kier molecular flexibility index (Phi) is 4.13. The zero-order valence-corrected chi connectivity index (χ0v) is 10.5. The number of halogens is 1. The number of nitrogens with zero attached hydrogens (tertiary/aromatic N) is 1. The summed E-state index contributed by atoms with van der Waals surface area (Å²) in [5.41, 5.74) is 2.42. The van der Waals surface area contributed by atoms with Crippen LogP contribution in [-0.2, 0) is 6.54 Å². The fourth-order valence-corrected chi connectivity index (χ4v) is 1.77. The van der Waals surface area contributed by atoms with Crippen molar-refractivity contribution in [1.82, 2.24) is 10.3 Å². The maximum absolute atomic E-state index is 5.86. The second kappa shape index (κ2) is 5.80. The smallest absolute Gasteiger partial charge is 0.0406 e. The van der Waals surface area contributed by atoms with Gasteiger partial charge in [0.05, 0.1) is 0 Å². The molecule has 0 fully saturated rings. The van der Waals surface area contributed by atoms with Gasteiger partial charge in [0, 0.05) is 30.0 Å². The Morgan fingerprint density at radius 3 is 2.65 bits per heavy atom. The highest BCUT2D eigenvalue weighted by atomic mass is 35.5. The van der Waals surface area contributed by atoms with Gasteiger partial charge in [-0.05, 0) is 36.2 Å². The summed E-state index contributed by atoms with van der Waals surface area (Å²) in [4.78, 5) is 4.09. The number of aromatic nitrogens is 1. The first-order chi connectivity index (χ1) is 8.25. The summed E-state index contributed by atoms with van der Waals surface area (Å²) in [6.45, 7) is 2.96. The summed E-state index contributed by atoms with van der Waals surface area (Å²) in [7, 11) is 0. The van der Waals surface area contributed by atoms with Crippen molar-refractivity contribution in [1.29, 1.82) is 0 Å². The van der Waals surface area contributed by atoms with E-state index in [4.69, 9.17) is 11.6 Å². The molecule has 1 aromatic heterocycles. The maximum Gasteiger partial charge on any atom is 0.0406 e. The van der Waals surface area contributed by atoms with Crippen molar-refractivity contribution in [3.8, 4) is 0 Å². The first kappa shape index (κ1) is 12.1. The Bertz CT molecular complexity index is 453. The number of pyridine rings is 1. The molecule has 0 aliphatic rings. The predicted octanol–water partition coefficient (Wildman–Crippen LogP) is 3.59. The average molecular weight is 247 g/mol. The summed E-state index contributed by atoms with van der Waals surface area (Å²) in [6, 6.07) is 12.2. The molecule has 0 radical (unpaired) electrons. The van der Waals surface area contributed by atoms with E-state index in [9.17, 15) is 0 Å². The number of rotatable bonds is 4. The molecule has 0 spiro atoms. The topological polar surface area (TPSA) is 24.9 Å². The summed E-state index contributed by atoms with van der Waals surface area (Å²) in [6.07, 6.45) is 3.66. The van der Waals surface area contributed by atoms with Crippen LogP contribution in [0.5, 0.6) is 0 Å². The van der Waals surface area contributed by atoms with E-state index in [2.05, 4.69) is 23.3 Å². The van der Waals surface area contributed by atoms with Gasteiger partial charge in [-0.15, -0.1) is 0 Å². The van der Waals surface area contributed by atoms with Gasteiger partial charge in [-0.25, -0.2) is 0 Å². The van der Waals surface area contributed by atoms with Crippen LogP contribution in [0.4, 0.5) is 0 Å². The Labute approximate surface area is 107 Å². The van der Waals surface area contributed by atoms with Crippen molar-refractivity contribution in [2.45, 2.75) is 19.5 Å². The summed E-state index contributed by atoms with van der Waals surface area (Å²) < 4.78 is 0. The molecule has 0 bridgehead atoms. The minimum atomic E-state index is 0.299. The van der Waals surface area contributed by atoms with Crippen LogP contribution in [0.25, 0.3) is 0 Å². The van der Waals surface area contributed by atoms with E-state index >= 15 is 0 Å². The van der Waals surface area contributed by atoms with Crippen LogP contribution < -0.4 is 5.32 Å². The molecule has 3 heteroatoms. The molecule has 88 valence electrons. The molecular formula is C14H15ClN2. The van der Waals surface area contributed by atoms with Gasteiger partial charge >= 0.3 is 0 Å². The molecule has 1 N–H and O–H groups in total. The first-order valence-electron chi connectivity index (χ1n) is 5.63. The van der Waals surface area contributed by atoms with Gasteiger partial charge in [-0.3, -0.25) is 4.98 Å². The molecule has 1 heterocycles. The van der Waals surface area contributed by atoms with E-state index in [1.807, 2.05) is 36.5 Å². The van der Waals surface area contributed by atoms with Crippen molar-refractivity contribution in [2.75, 3.05) is 0 Å². The van der Waals surface area contributed by atoms with E-state index in [-0.39, 0.29) is 0 Å². The van der Waals surface area contributed by atoms with Crippen molar-refractivity contribution in [2.24, 2.45) is 0 Å². The molecule has 1 atom stereocenters. The minimum Gasteiger partial charge on any atom is -0.306 e. The Hall–Kier alpha value is -1.38. The maximum atomic E-state index is 5.86. The Balaban J connectivity index is 1.93. The fourth-order valence-electron chi connectivity index (χ4n) is 1.64. The second-order valence-electron chi connectivity index (χ2n) is 4.02. The van der Waals surface area contributed by atoms with Gasteiger partial charge in [0.1, 0.15) is 0 Å². The molecule has 2 rings (SSSR count). The number of hydrogen-bond acceptors (Lipinski definition) is 2. The van der Waals surface area contributed by atoms with Crippen molar-refractivity contribution < 1.29 is 0 Å². The zero-order valence-electron chi connectivity index (χ0n) is 9.73. The van der Waals surface area contributed by atoms with Gasteiger partial charge < -0.3 is 5.32 Å². The number of benzene rings is 1. The Morgan fingerprint density at radius 2 is 2.00 bits per heavy atom. The molecule has 0 aliphatic heterocycles. The predicted molar refractivity (Wildman–Crippen MR) is 70.9 cm³/mol. The lowest BCUT2D eigenvalue weighted by atomic mass is 10.1. The molecule has 2 nitrogen and oxygen atoms in total. The van der Waals surface area contributed by atoms with Gasteiger partial charge in [0.25, 0.3) is 0 Å². The van der Waals surface area contributed by atoms with Crippen molar-refractivity contribution in [3.05, 3.63) is 64.9 Å². The van der Waals surface area contributed by atoms with E-state index in [1.54, 1.807) is 6.20 Å². The lowest BCUT2D eigenvalue weighted by Crippen LogP contribution is -2.18. The van der Waals surface area contributed by atoms with Crippen LogP contribution in [-0.4, -0.2) is 4.98 Å². The van der Waals surface area contributed by atoms with Crippen molar-refractivity contribution in [3.63, 3.8) is 0 Å². The number of hydrogen-bond donors (Lipinski definition) is 1. The first-order valence-corrected chi connectivity index (χ1v) is 6.01. The van der Waals surface area contributed by atoms with Gasteiger partial charge in [0.15, 0.2) is 0 Å². The van der Waals surface area contributed by atoms with Crippen LogP contribution in [0, 0.1) is 0 Å². The van der Waals surface area contributed by atoms with Crippen LogP contribution in [0.2, 0.25) is 5.02 Å². The molecule has 2 aromatic rings. The van der Waals surface area contributed by atoms with E-state index in [0.29, 0.717) is 6.04 Å². The quantitative estimate of drug-likeness (QED) is 0.892. The van der Waals surface area contributed by atoms with E-state index in [1.165, 1.54) is 11.1 Å². The summed E-state index contributed by atoms with van der Waals surface area (Å²) in [5.74, 6) is 0. The highest BCUT2D eigenvalue weighted by Gasteiger charge is 2.04. The van der Waals surface area contributed by atoms with Gasteiger partial charge in [0.2, 0.25) is 0 Å². The molecule has 0 saturated heterocycles. The summed E-state index contributed by atoms with van der Waals surface area (Å²) in [5, 5.41) is 4.22. The normalized spacial score (nSPS) is 12.4. The SMILES string of the molecule is C[C@@H](NCc1cccnc1)c1ccc(Cl)cc1. The monoisotopic (exact) mass is 246 g/mol. The molecule has 1 aromatic carbocycles. The van der Waals surface area contributed by atoms with E-state index < -0.39 is 0 Å². The largest absolute Gasteiger partial charge is 0.306 e. The van der Waals surface area contributed by atoms with Crippen LogP contribution in [0.3, 0.4) is 0 Å². The molecule has 0 saturated carbocycles. The fraction of sp³-hybridized carbons (Fsp3) is 0.214. The third kappa shape index (κ3) is 3.55. The molecule has 0 unspecified atom stereocenters. The zero-order chi connectivity index (χ0) is 12.1. The highest BCUT2D eigenvalue weighted by molar-refractivity contribution is 6.30. The second-order valence-corrected chi connectivity index (χ2v) is 4.45. The third-order valence-electron chi connectivity index (χ3n) is 2.71. The lowest BCUT2D eigenvalue weighted by molar-refractivity contribution is 0.574. The van der Waals surface area contributed by atoms with Crippen LogP contribution >= 0.6 is 11.6 Å². The third-order valence-corrected chi connectivity index (χ3v) is 2.96. The molecule has 0 aliphatic carbocycles. The standard InChI is InChI=1S/C14H15ClN2/c1-11(13-4-6-14(15)7-5-13)17-10-12-3-2-8-16-9-12/h2-9,11,17H,10H2,1H3/t11-/m1/s1. The van der Waals surface area contributed by atoms with Gasteiger partial charge in [-0.2, -0.15) is 0 Å². The van der Waals surface area contributed by atoms with Gasteiger partial charge in [-0.1, -0.05) is 29.8 Å². The van der Waals surface area contributed by atoms with Crippen LogP contribution in [0.1, 0.15) is 24.1 Å². The molecule has 0 amide bonds. The van der Waals surface area contributed by atoms with Crippen molar-refractivity contribution >= 4 is 11.6 Å². The number of nitrogens with one attached hydrogen (secondary N) is 1. The molecule has 17 heavy (non-hydrogen) atoms. The molecular weight excluding hydrogens is 232 g/mol. The average Bonchev–Trinajstić information content (AvgIpc) is 2.38. The minimum absolute atomic E-state index is 0.299.